The predicted molar refractivity (Wildman–Crippen MR) is 116 cm³/mol. The molecule has 0 spiro atoms. The van der Waals surface area contributed by atoms with Crippen molar-refractivity contribution in [2.45, 2.75) is 19.9 Å². The van der Waals surface area contributed by atoms with Crippen LogP contribution in [-0.4, -0.2) is 21.0 Å². The van der Waals surface area contributed by atoms with Gasteiger partial charge in [-0.15, -0.1) is 0 Å². The molecule has 3 N–H and O–H groups in total. The second kappa shape index (κ2) is 8.57. The number of nitrogens with zero attached hydrogens (tertiary/aromatic N) is 3. The normalized spacial score (nSPS) is 10.7. The molecule has 0 aliphatic rings. The molecule has 1 aromatic carbocycles. The van der Waals surface area contributed by atoms with Crippen LogP contribution in [0, 0.1) is 0 Å². The highest BCUT2D eigenvalue weighted by atomic mass is 16.6. The van der Waals surface area contributed by atoms with Gasteiger partial charge in [0, 0.05) is 42.2 Å². The van der Waals surface area contributed by atoms with Crippen molar-refractivity contribution in [3.05, 3.63) is 78.2 Å². The van der Waals surface area contributed by atoms with Crippen molar-refractivity contribution in [1.82, 2.24) is 20.3 Å². The molecule has 150 valence electrons. The zero-order valence-corrected chi connectivity index (χ0v) is 16.5. The van der Waals surface area contributed by atoms with Crippen LogP contribution in [0.1, 0.15) is 18.1 Å². The molecule has 4 rings (SSSR count). The van der Waals surface area contributed by atoms with Crippen LogP contribution in [-0.2, 0) is 13.0 Å². The Morgan fingerprint density at radius 3 is 2.77 bits per heavy atom. The Labute approximate surface area is 174 Å². The number of nitrogens with two attached hydrogens (primary N) is 1. The Morgan fingerprint density at radius 1 is 1.13 bits per heavy atom. The Kier molecular flexibility index (Phi) is 5.52. The van der Waals surface area contributed by atoms with Gasteiger partial charge in [-0.1, -0.05) is 37.3 Å². The fourth-order valence-electron chi connectivity index (χ4n) is 3.21. The van der Waals surface area contributed by atoms with Crippen LogP contribution < -0.4 is 15.8 Å². The first kappa shape index (κ1) is 19.3. The van der Waals surface area contributed by atoms with E-state index in [2.05, 4.69) is 27.2 Å². The van der Waals surface area contributed by atoms with E-state index in [1.54, 1.807) is 24.7 Å². The molecule has 0 unspecified atom stereocenters. The van der Waals surface area contributed by atoms with Gasteiger partial charge in [0.2, 0.25) is 5.88 Å². The van der Waals surface area contributed by atoms with E-state index in [0.717, 1.165) is 34.2 Å². The number of aryl methyl sites for hydroxylation is 1. The maximum absolute atomic E-state index is 12.1. The van der Waals surface area contributed by atoms with Crippen molar-refractivity contribution in [2.75, 3.05) is 5.73 Å². The molecule has 0 aliphatic heterocycles. The zero-order valence-electron chi connectivity index (χ0n) is 16.5. The number of hydrogen-bond donors (Lipinski definition) is 2. The lowest BCUT2D eigenvalue weighted by atomic mass is 10.0. The summed E-state index contributed by atoms with van der Waals surface area (Å²) < 4.78 is 5.34. The Bertz CT molecular complexity index is 1190. The smallest absolute Gasteiger partial charge is 0.391 e. The Balaban J connectivity index is 1.57. The van der Waals surface area contributed by atoms with Crippen molar-refractivity contribution in [2.24, 2.45) is 0 Å². The maximum Gasteiger partial charge on any atom is 0.414 e. The first-order valence-electron chi connectivity index (χ1n) is 9.63. The highest BCUT2D eigenvalue weighted by Crippen LogP contribution is 2.29. The molecule has 0 bridgehead atoms. The molecule has 0 aliphatic carbocycles. The van der Waals surface area contributed by atoms with Gasteiger partial charge in [-0.25, -0.2) is 14.8 Å². The summed E-state index contributed by atoms with van der Waals surface area (Å²) in [7, 11) is 0. The van der Waals surface area contributed by atoms with Crippen molar-refractivity contribution >= 4 is 22.7 Å². The van der Waals surface area contributed by atoms with Crippen LogP contribution in [0.4, 0.5) is 10.6 Å². The fourth-order valence-corrected chi connectivity index (χ4v) is 3.21. The average Bonchev–Trinajstić information content (AvgIpc) is 2.78. The van der Waals surface area contributed by atoms with Gasteiger partial charge in [0.25, 0.3) is 0 Å². The minimum Gasteiger partial charge on any atom is -0.391 e. The monoisotopic (exact) mass is 399 g/mol. The van der Waals surface area contributed by atoms with Crippen molar-refractivity contribution in [1.29, 1.82) is 0 Å². The third-order valence-corrected chi connectivity index (χ3v) is 4.77. The molecule has 1 amide bonds. The van der Waals surface area contributed by atoms with Gasteiger partial charge >= 0.3 is 6.09 Å². The molecule has 0 atom stereocenters. The van der Waals surface area contributed by atoms with E-state index in [1.807, 2.05) is 42.5 Å². The summed E-state index contributed by atoms with van der Waals surface area (Å²) in [4.78, 5) is 25.0. The van der Waals surface area contributed by atoms with E-state index < -0.39 is 6.09 Å². The second-order valence-electron chi connectivity index (χ2n) is 6.75. The van der Waals surface area contributed by atoms with E-state index in [9.17, 15) is 4.79 Å². The minimum atomic E-state index is -0.575. The molecule has 4 aromatic rings. The van der Waals surface area contributed by atoms with Crippen molar-refractivity contribution < 1.29 is 9.53 Å². The number of fused-ring (bicyclic) bond motifs is 1. The average molecular weight is 399 g/mol. The van der Waals surface area contributed by atoms with Crippen LogP contribution in [0.5, 0.6) is 5.88 Å². The van der Waals surface area contributed by atoms with E-state index in [-0.39, 0.29) is 5.88 Å². The Morgan fingerprint density at radius 2 is 1.97 bits per heavy atom. The summed E-state index contributed by atoms with van der Waals surface area (Å²) in [6, 6.07) is 15.1. The molecule has 0 saturated heterocycles. The maximum atomic E-state index is 12.1. The van der Waals surface area contributed by atoms with Crippen LogP contribution in [0.3, 0.4) is 0 Å². The second-order valence-corrected chi connectivity index (χ2v) is 6.75. The van der Waals surface area contributed by atoms with E-state index >= 15 is 0 Å². The van der Waals surface area contributed by atoms with Crippen molar-refractivity contribution in [3.63, 3.8) is 0 Å². The molecule has 3 aromatic heterocycles. The van der Waals surface area contributed by atoms with Gasteiger partial charge in [0.05, 0.1) is 5.69 Å². The first-order valence-corrected chi connectivity index (χ1v) is 9.63. The molecule has 3 heterocycles. The number of rotatable bonds is 5. The Hall–Kier alpha value is -4.00. The highest BCUT2D eigenvalue weighted by molar-refractivity contribution is 5.94. The molecule has 0 fully saturated rings. The minimum absolute atomic E-state index is 0.187. The van der Waals surface area contributed by atoms with Gasteiger partial charge in [-0.3, -0.25) is 4.98 Å². The molecule has 7 nitrogen and oxygen atoms in total. The summed E-state index contributed by atoms with van der Waals surface area (Å²) in [5, 5.41) is 4.19. The van der Waals surface area contributed by atoms with Crippen molar-refractivity contribution in [3.8, 4) is 17.1 Å². The SMILES string of the molecule is CCc1ccncc1-c1cc2cc(OC(=O)NCc3ccccc3)ncc2c(N)n1. The van der Waals surface area contributed by atoms with E-state index in [4.69, 9.17) is 10.5 Å². The number of ether oxygens (including phenoxy) is 1. The number of anilines is 1. The molecule has 0 saturated carbocycles. The summed E-state index contributed by atoms with van der Waals surface area (Å²) in [6.45, 7) is 2.45. The molecule has 7 heteroatoms. The van der Waals surface area contributed by atoms with Gasteiger partial charge in [-0.2, -0.15) is 0 Å². The van der Waals surface area contributed by atoms with Crippen LogP contribution in [0.2, 0.25) is 0 Å². The lowest BCUT2D eigenvalue weighted by Crippen LogP contribution is -2.26. The number of amides is 1. The number of aromatic nitrogens is 3. The number of pyridine rings is 3. The van der Waals surface area contributed by atoms with E-state index in [1.165, 1.54) is 0 Å². The van der Waals surface area contributed by atoms with Crippen LogP contribution in [0.15, 0.2) is 67.1 Å². The quantitative estimate of drug-likeness (QED) is 0.523. The van der Waals surface area contributed by atoms with Gasteiger partial charge < -0.3 is 15.8 Å². The number of nitrogens with one attached hydrogen (secondary N) is 1. The summed E-state index contributed by atoms with van der Waals surface area (Å²) in [6.07, 6.45) is 5.38. The zero-order chi connectivity index (χ0) is 20.9. The standard InChI is InChI=1S/C23H21N5O2/c1-2-16-8-9-25-13-18(16)20-10-17-11-21(26-14-19(17)22(24)28-20)30-23(29)27-12-15-6-4-3-5-7-15/h3-11,13-14H,2,12H2,1H3,(H2,24,28)(H,27,29). The number of hydrogen-bond acceptors (Lipinski definition) is 6. The molecular weight excluding hydrogens is 378 g/mol. The molecular formula is C23H21N5O2. The lowest BCUT2D eigenvalue weighted by Gasteiger charge is -2.10. The van der Waals surface area contributed by atoms with E-state index in [0.29, 0.717) is 17.7 Å². The lowest BCUT2D eigenvalue weighted by molar-refractivity contribution is 0.198. The number of benzene rings is 1. The third-order valence-electron chi connectivity index (χ3n) is 4.77. The summed E-state index contributed by atoms with van der Waals surface area (Å²) in [5.41, 5.74) is 9.91. The van der Waals surface area contributed by atoms with Crippen LogP contribution >= 0.6 is 0 Å². The summed E-state index contributed by atoms with van der Waals surface area (Å²) in [5.74, 6) is 0.549. The number of carbonyl (C=O) groups is 1. The molecule has 0 radical (unpaired) electrons. The van der Waals surface area contributed by atoms with Gasteiger partial charge in [0.1, 0.15) is 5.82 Å². The fraction of sp³-hybridized carbons (Fsp3) is 0.130. The first-order chi connectivity index (χ1) is 14.6. The molecule has 30 heavy (non-hydrogen) atoms. The number of nitrogen functional groups attached to an aromatic ring is 1. The largest absolute Gasteiger partial charge is 0.414 e. The highest BCUT2D eigenvalue weighted by Gasteiger charge is 2.12. The topological polar surface area (TPSA) is 103 Å². The predicted octanol–water partition coefficient (Wildman–Crippen LogP) is 4.13. The summed E-state index contributed by atoms with van der Waals surface area (Å²) >= 11 is 0. The number of carbonyl (C=O) groups excluding carboxylic acids is 1. The third kappa shape index (κ3) is 4.20. The van der Waals surface area contributed by atoms with Gasteiger partial charge in [0.15, 0.2) is 0 Å². The van der Waals surface area contributed by atoms with Crippen LogP contribution in [0.25, 0.3) is 22.0 Å². The van der Waals surface area contributed by atoms with Gasteiger partial charge in [-0.05, 0) is 35.1 Å².